The maximum Gasteiger partial charge on any atom is 0.258 e. The lowest BCUT2D eigenvalue weighted by Crippen LogP contribution is -2.30. The third kappa shape index (κ3) is 8.07. The quantitative estimate of drug-likeness (QED) is 0.162. The number of thioether (sulfide) groups is 1. The molecule has 1 N–H and O–H groups in total. The van der Waals surface area contributed by atoms with Gasteiger partial charge in [-0.2, -0.15) is 5.10 Å². The minimum Gasteiger partial charge on any atom is -0.497 e. The molecule has 1 aliphatic rings. The monoisotopic (exact) mass is 664 g/mol. The smallest absolute Gasteiger partial charge is 0.258 e. The van der Waals surface area contributed by atoms with Crippen LogP contribution in [0.4, 0.5) is 4.39 Å². The molecule has 10 nitrogen and oxygen atoms in total. The third-order valence-corrected chi connectivity index (χ3v) is 8.65. The van der Waals surface area contributed by atoms with Crippen molar-refractivity contribution in [1.82, 2.24) is 25.1 Å². The van der Waals surface area contributed by atoms with Crippen LogP contribution in [0.15, 0.2) is 119 Å². The maximum atomic E-state index is 13.8. The Hall–Kier alpha value is -5.49. The zero-order chi connectivity index (χ0) is 33.3. The fourth-order valence-corrected chi connectivity index (χ4v) is 6.02. The van der Waals surface area contributed by atoms with Gasteiger partial charge >= 0.3 is 0 Å². The van der Waals surface area contributed by atoms with Gasteiger partial charge in [-0.1, -0.05) is 72.4 Å². The zero-order valence-electron chi connectivity index (χ0n) is 26.2. The number of hydrogen-bond acceptors (Lipinski definition) is 8. The van der Waals surface area contributed by atoms with E-state index in [2.05, 4.69) is 15.5 Å². The first kappa shape index (κ1) is 32.5. The van der Waals surface area contributed by atoms with Crippen LogP contribution in [0, 0.1) is 5.82 Å². The van der Waals surface area contributed by atoms with Crippen molar-refractivity contribution in [3.05, 3.63) is 138 Å². The summed E-state index contributed by atoms with van der Waals surface area (Å²) in [6.07, 6.45) is 0.469. The van der Waals surface area contributed by atoms with Crippen LogP contribution in [0.5, 0.6) is 11.5 Å². The molecule has 0 aliphatic carbocycles. The minimum atomic E-state index is -0.401. The van der Waals surface area contributed by atoms with Crippen LogP contribution in [0.25, 0.3) is 0 Å². The number of nitrogens with zero attached hydrogens (tertiary/aromatic N) is 5. The Morgan fingerprint density at radius 3 is 2.31 bits per heavy atom. The van der Waals surface area contributed by atoms with Crippen LogP contribution in [0.3, 0.4) is 0 Å². The lowest BCUT2D eigenvalue weighted by molar-refractivity contribution is -0.130. The molecule has 0 spiro atoms. The largest absolute Gasteiger partial charge is 0.497 e. The second kappa shape index (κ2) is 15.4. The predicted molar refractivity (Wildman–Crippen MR) is 180 cm³/mol. The number of para-hydroxylation sites is 1. The van der Waals surface area contributed by atoms with Crippen LogP contribution >= 0.6 is 11.8 Å². The molecule has 6 rings (SSSR count). The molecular weight excluding hydrogens is 631 g/mol. The first-order valence-corrected chi connectivity index (χ1v) is 16.3. The molecule has 0 fully saturated rings. The average Bonchev–Trinajstić information content (AvgIpc) is 3.74. The summed E-state index contributed by atoms with van der Waals surface area (Å²) >= 11 is 1.24. The number of hydrogen-bond donors (Lipinski definition) is 1. The highest BCUT2D eigenvalue weighted by atomic mass is 32.2. The molecule has 1 aromatic heterocycles. The van der Waals surface area contributed by atoms with E-state index in [0.29, 0.717) is 29.7 Å². The molecule has 0 bridgehead atoms. The van der Waals surface area contributed by atoms with Gasteiger partial charge < -0.3 is 19.4 Å². The van der Waals surface area contributed by atoms with Gasteiger partial charge in [0, 0.05) is 6.42 Å². The van der Waals surface area contributed by atoms with Crippen LogP contribution in [0.2, 0.25) is 0 Å². The first-order chi connectivity index (χ1) is 23.5. The van der Waals surface area contributed by atoms with E-state index in [9.17, 15) is 14.0 Å². The van der Waals surface area contributed by atoms with Crippen molar-refractivity contribution < 1.29 is 23.5 Å². The van der Waals surface area contributed by atoms with Gasteiger partial charge in [-0.3, -0.25) is 9.59 Å². The fraction of sp³-hybridized carbons (Fsp3) is 0.194. The van der Waals surface area contributed by atoms with Gasteiger partial charge in [0.1, 0.15) is 17.3 Å². The Kier molecular flexibility index (Phi) is 10.4. The molecule has 0 unspecified atom stereocenters. The van der Waals surface area contributed by atoms with E-state index in [4.69, 9.17) is 14.6 Å². The van der Waals surface area contributed by atoms with Gasteiger partial charge in [0.05, 0.1) is 37.7 Å². The highest BCUT2D eigenvalue weighted by molar-refractivity contribution is 7.99. The molecule has 12 heteroatoms. The molecule has 244 valence electrons. The van der Waals surface area contributed by atoms with Gasteiger partial charge in [0.25, 0.3) is 11.8 Å². The normalized spacial score (nSPS) is 14.0. The van der Waals surface area contributed by atoms with Gasteiger partial charge in [-0.15, -0.1) is 10.2 Å². The molecule has 2 amide bonds. The first-order valence-electron chi connectivity index (χ1n) is 15.3. The summed E-state index contributed by atoms with van der Waals surface area (Å²) in [6, 6.07) is 32.2. The summed E-state index contributed by atoms with van der Waals surface area (Å²) in [5.41, 5.74) is 3.40. The number of carbonyl (C=O) groups excluding carboxylic acids is 2. The van der Waals surface area contributed by atoms with Gasteiger partial charge in [0.15, 0.2) is 17.6 Å². The summed E-state index contributed by atoms with van der Waals surface area (Å²) < 4.78 is 26.5. The number of ether oxygens (including phenoxy) is 2. The molecule has 1 aliphatic heterocycles. The van der Waals surface area contributed by atoms with Crippen molar-refractivity contribution in [1.29, 1.82) is 0 Å². The number of amides is 2. The molecule has 5 aromatic rings. The third-order valence-electron chi connectivity index (χ3n) is 7.70. The van der Waals surface area contributed by atoms with Crippen molar-refractivity contribution in [2.24, 2.45) is 5.10 Å². The van der Waals surface area contributed by atoms with Gasteiger partial charge in [0.2, 0.25) is 0 Å². The topological polar surface area (TPSA) is 111 Å². The van der Waals surface area contributed by atoms with Crippen LogP contribution < -0.4 is 14.8 Å². The number of halogens is 1. The molecule has 0 saturated heterocycles. The Balaban J connectivity index is 1.18. The summed E-state index contributed by atoms with van der Waals surface area (Å²) in [6.45, 7) is 0.425. The van der Waals surface area contributed by atoms with E-state index in [1.807, 2.05) is 77.4 Å². The fourth-order valence-electron chi connectivity index (χ4n) is 5.21. The van der Waals surface area contributed by atoms with Crippen molar-refractivity contribution in [3.63, 3.8) is 0 Å². The summed E-state index contributed by atoms with van der Waals surface area (Å²) in [7, 11) is 1.60. The number of methoxy groups -OCH3 is 1. The van der Waals surface area contributed by atoms with E-state index < -0.39 is 6.04 Å². The Labute approximate surface area is 281 Å². The van der Waals surface area contributed by atoms with Gasteiger partial charge in [-0.05, 0) is 65.2 Å². The number of hydrazone groups is 1. The van der Waals surface area contributed by atoms with E-state index in [-0.39, 0.29) is 36.5 Å². The predicted octanol–water partition coefficient (Wildman–Crippen LogP) is 5.64. The second-order valence-corrected chi connectivity index (χ2v) is 11.9. The van der Waals surface area contributed by atoms with E-state index in [1.54, 1.807) is 31.4 Å². The number of nitrogens with one attached hydrogen (secondary N) is 1. The zero-order valence-corrected chi connectivity index (χ0v) is 27.0. The highest BCUT2D eigenvalue weighted by Crippen LogP contribution is 2.34. The van der Waals surface area contributed by atoms with E-state index >= 15 is 0 Å². The van der Waals surface area contributed by atoms with E-state index in [0.717, 1.165) is 28.2 Å². The second-order valence-electron chi connectivity index (χ2n) is 10.9. The maximum absolute atomic E-state index is 13.8. The molecule has 4 aromatic carbocycles. The van der Waals surface area contributed by atoms with E-state index in [1.165, 1.54) is 28.9 Å². The molecule has 1 atom stereocenters. The minimum absolute atomic E-state index is 0.0291. The summed E-state index contributed by atoms with van der Waals surface area (Å²) in [4.78, 5) is 26.4. The molecule has 48 heavy (non-hydrogen) atoms. The lowest BCUT2D eigenvalue weighted by Gasteiger charge is -2.22. The van der Waals surface area contributed by atoms with Crippen LogP contribution in [0.1, 0.15) is 35.0 Å². The SMILES string of the molecule is COc1ccc(C2=NN(C(=O)CSc3nnc(CNC(=O)COc4ccccc4)n3Cc3ccccc3)[C@H](c3ccc(F)cc3)C2)cc1. The van der Waals surface area contributed by atoms with Crippen molar-refractivity contribution in [2.75, 3.05) is 19.5 Å². The highest BCUT2D eigenvalue weighted by Gasteiger charge is 2.33. The van der Waals surface area contributed by atoms with Gasteiger partial charge in [-0.25, -0.2) is 9.40 Å². The van der Waals surface area contributed by atoms with Crippen LogP contribution in [-0.4, -0.2) is 56.8 Å². The van der Waals surface area contributed by atoms with Crippen molar-refractivity contribution in [2.45, 2.75) is 30.7 Å². The summed E-state index contributed by atoms with van der Waals surface area (Å²) in [5.74, 6) is 0.992. The lowest BCUT2D eigenvalue weighted by atomic mass is 9.98. The molecular formula is C36H33FN6O4S. The van der Waals surface area contributed by atoms with Crippen LogP contribution in [-0.2, 0) is 22.7 Å². The number of aromatic nitrogens is 3. The summed E-state index contributed by atoms with van der Waals surface area (Å²) in [5, 5.41) is 18.3. The van der Waals surface area contributed by atoms with Crippen molar-refractivity contribution in [3.8, 4) is 11.5 Å². The Morgan fingerprint density at radius 1 is 0.896 bits per heavy atom. The molecule has 0 saturated carbocycles. The Bertz CT molecular complexity index is 1870. The number of benzene rings is 4. The molecule has 0 radical (unpaired) electrons. The number of carbonyl (C=O) groups is 2. The average molecular weight is 665 g/mol. The number of rotatable bonds is 13. The molecule has 2 heterocycles. The van der Waals surface area contributed by atoms with Crippen molar-refractivity contribution >= 4 is 29.3 Å². The Morgan fingerprint density at radius 2 is 1.60 bits per heavy atom. The standard InChI is InChI=1S/C36H33FN6O4S/c1-46-29-18-14-26(15-19-29)31-20-32(27-12-16-28(37)17-13-27)43(41-31)35(45)24-48-36-40-39-33(42(36)22-25-8-4-2-5-9-25)21-38-34(44)23-47-30-10-6-3-7-11-30/h2-19,32H,20-24H2,1H3,(H,38,44)/t32-/m0/s1.